The molecule has 5 nitrogen and oxygen atoms in total. The number of carbonyl (C=O) groups is 2. The Balaban J connectivity index is 1.83. The molecule has 1 N–H and O–H groups in total. The molecule has 0 saturated carbocycles. The van der Waals surface area contributed by atoms with Gasteiger partial charge in [-0.3, -0.25) is 9.59 Å². The highest BCUT2D eigenvalue weighted by atomic mass is 16.5. The molecule has 1 saturated heterocycles. The van der Waals surface area contributed by atoms with Crippen molar-refractivity contribution < 1.29 is 14.3 Å². The van der Waals surface area contributed by atoms with Gasteiger partial charge >= 0.3 is 0 Å². The molecule has 1 heterocycles. The molecule has 1 aliphatic heterocycles. The van der Waals surface area contributed by atoms with Crippen LogP contribution < -0.4 is 15.0 Å². The summed E-state index contributed by atoms with van der Waals surface area (Å²) in [7, 11) is 0. The molecule has 0 spiro atoms. The highest BCUT2D eigenvalue weighted by molar-refractivity contribution is 6.23. The number of rotatable bonds is 5. The fourth-order valence-corrected chi connectivity index (χ4v) is 2.94. The molecule has 2 aromatic rings. The SMILES string of the molecule is CCOc1ccccc1NC1CC(=O)N(c2ccc(C)c(C)c2)C1=O. The topological polar surface area (TPSA) is 58.6 Å². The Kier molecular flexibility index (Phi) is 4.74. The molecule has 1 fully saturated rings. The fourth-order valence-electron chi connectivity index (χ4n) is 2.94. The Hall–Kier alpha value is -2.82. The number of nitrogens with one attached hydrogen (secondary N) is 1. The fraction of sp³-hybridized carbons (Fsp3) is 0.300. The summed E-state index contributed by atoms with van der Waals surface area (Å²) in [5, 5.41) is 3.16. The molecule has 0 bridgehead atoms. The van der Waals surface area contributed by atoms with Crippen LogP contribution >= 0.6 is 0 Å². The van der Waals surface area contributed by atoms with Gasteiger partial charge in [-0.1, -0.05) is 18.2 Å². The summed E-state index contributed by atoms with van der Waals surface area (Å²) in [5.74, 6) is 0.245. The van der Waals surface area contributed by atoms with Crippen LogP contribution in [0.4, 0.5) is 11.4 Å². The van der Waals surface area contributed by atoms with E-state index in [2.05, 4.69) is 5.32 Å². The van der Waals surface area contributed by atoms with Gasteiger partial charge in [-0.15, -0.1) is 0 Å². The highest BCUT2D eigenvalue weighted by Gasteiger charge is 2.39. The van der Waals surface area contributed by atoms with Gasteiger partial charge in [0.25, 0.3) is 5.91 Å². The zero-order valence-corrected chi connectivity index (χ0v) is 14.7. The van der Waals surface area contributed by atoms with E-state index in [9.17, 15) is 9.59 Å². The van der Waals surface area contributed by atoms with Crippen molar-refractivity contribution in [1.29, 1.82) is 0 Å². The van der Waals surface area contributed by atoms with Crippen LogP contribution in [0.5, 0.6) is 5.75 Å². The number of ether oxygens (including phenoxy) is 1. The molecule has 1 unspecified atom stereocenters. The van der Waals surface area contributed by atoms with Crippen molar-refractivity contribution in [2.24, 2.45) is 0 Å². The zero-order valence-electron chi connectivity index (χ0n) is 14.7. The smallest absolute Gasteiger partial charge is 0.256 e. The van der Waals surface area contributed by atoms with Gasteiger partial charge in [-0.05, 0) is 56.2 Å². The number of anilines is 2. The first-order valence-corrected chi connectivity index (χ1v) is 8.43. The van der Waals surface area contributed by atoms with E-state index >= 15 is 0 Å². The minimum absolute atomic E-state index is 0.131. The van der Waals surface area contributed by atoms with Crippen molar-refractivity contribution in [1.82, 2.24) is 0 Å². The van der Waals surface area contributed by atoms with Crippen molar-refractivity contribution in [3.05, 3.63) is 53.6 Å². The summed E-state index contributed by atoms with van der Waals surface area (Å²) < 4.78 is 5.58. The Morgan fingerprint density at radius 1 is 1.12 bits per heavy atom. The van der Waals surface area contributed by atoms with Gasteiger partial charge in [-0.25, -0.2) is 4.90 Å². The average Bonchev–Trinajstić information content (AvgIpc) is 2.86. The van der Waals surface area contributed by atoms with E-state index in [1.54, 1.807) is 0 Å². The normalized spacial score (nSPS) is 17.1. The predicted molar refractivity (Wildman–Crippen MR) is 98.0 cm³/mol. The molecule has 2 amide bonds. The van der Waals surface area contributed by atoms with Crippen LogP contribution in [0.2, 0.25) is 0 Å². The second-order valence-electron chi connectivity index (χ2n) is 6.17. The molecule has 0 aromatic heterocycles. The number of hydrogen-bond donors (Lipinski definition) is 1. The lowest BCUT2D eigenvalue weighted by Crippen LogP contribution is -2.34. The Morgan fingerprint density at radius 3 is 2.60 bits per heavy atom. The number of hydrogen-bond acceptors (Lipinski definition) is 4. The monoisotopic (exact) mass is 338 g/mol. The van der Waals surface area contributed by atoms with Crippen LogP contribution in [0.15, 0.2) is 42.5 Å². The van der Waals surface area contributed by atoms with Gasteiger partial charge in [0.1, 0.15) is 11.8 Å². The van der Waals surface area contributed by atoms with Crippen molar-refractivity contribution in [3.8, 4) is 5.75 Å². The maximum absolute atomic E-state index is 12.8. The third-order valence-electron chi connectivity index (χ3n) is 4.41. The summed E-state index contributed by atoms with van der Waals surface area (Å²) >= 11 is 0. The van der Waals surface area contributed by atoms with Crippen LogP contribution in [0.25, 0.3) is 0 Å². The lowest BCUT2D eigenvalue weighted by Gasteiger charge is -2.18. The lowest BCUT2D eigenvalue weighted by molar-refractivity contribution is -0.121. The second kappa shape index (κ2) is 6.97. The summed E-state index contributed by atoms with van der Waals surface area (Å²) in [6, 6.07) is 12.5. The molecule has 25 heavy (non-hydrogen) atoms. The second-order valence-corrected chi connectivity index (χ2v) is 6.17. The Labute approximate surface area is 147 Å². The molecular formula is C20H22N2O3. The summed E-state index contributed by atoms with van der Waals surface area (Å²) in [6.07, 6.45) is 0.131. The largest absolute Gasteiger partial charge is 0.492 e. The summed E-state index contributed by atoms with van der Waals surface area (Å²) in [5.41, 5.74) is 3.53. The van der Waals surface area contributed by atoms with Crippen molar-refractivity contribution in [2.45, 2.75) is 33.2 Å². The van der Waals surface area contributed by atoms with Gasteiger partial charge < -0.3 is 10.1 Å². The lowest BCUT2D eigenvalue weighted by atomic mass is 10.1. The number of imide groups is 1. The average molecular weight is 338 g/mol. The standard InChI is InChI=1S/C20H22N2O3/c1-4-25-18-8-6-5-7-16(18)21-17-12-19(23)22(20(17)24)15-10-9-13(2)14(3)11-15/h5-11,17,21H,4,12H2,1-3H3. The predicted octanol–water partition coefficient (Wildman–Crippen LogP) is 3.45. The quantitative estimate of drug-likeness (QED) is 0.849. The van der Waals surface area contributed by atoms with Crippen LogP contribution in [-0.2, 0) is 9.59 Å². The summed E-state index contributed by atoms with van der Waals surface area (Å²) in [4.78, 5) is 26.5. The van der Waals surface area contributed by atoms with Crippen molar-refractivity contribution in [2.75, 3.05) is 16.8 Å². The van der Waals surface area contributed by atoms with E-state index in [0.717, 1.165) is 16.8 Å². The van der Waals surface area contributed by atoms with Crippen molar-refractivity contribution >= 4 is 23.2 Å². The van der Waals surface area contributed by atoms with Gasteiger partial charge in [-0.2, -0.15) is 0 Å². The first-order valence-electron chi connectivity index (χ1n) is 8.43. The van der Waals surface area contributed by atoms with Crippen LogP contribution in [0.3, 0.4) is 0 Å². The van der Waals surface area contributed by atoms with Crippen LogP contribution in [-0.4, -0.2) is 24.5 Å². The number of para-hydroxylation sites is 2. The molecule has 1 aliphatic rings. The van der Waals surface area contributed by atoms with E-state index in [0.29, 0.717) is 18.0 Å². The van der Waals surface area contributed by atoms with Crippen LogP contribution in [0, 0.1) is 13.8 Å². The number of benzene rings is 2. The molecular weight excluding hydrogens is 316 g/mol. The number of nitrogens with zero attached hydrogens (tertiary/aromatic N) is 1. The van der Waals surface area contributed by atoms with Gasteiger partial charge in [0, 0.05) is 0 Å². The van der Waals surface area contributed by atoms with Gasteiger partial charge in [0.15, 0.2) is 0 Å². The zero-order chi connectivity index (χ0) is 18.0. The molecule has 0 aliphatic carbocycles. The van der Waals surface area contributed by atoms with Crippen LogP contribution in [0.1, 0.15) is 24.5 Å². The molecule has 3 rings (SSSR count). The van der Waals surface area contributed by atoms with E-state index in [-0.39, 0.29) is 18.2 Å². The molecule has 2 aromatic carbocycles. The third kappa shape index (κ3) is 3.36. The van der Waals surface area contributed by atoms with E-state index in [1.807, 2.05) is 63.2 Å². The maximum atomic E-state index is 12.8. The number of amides is 2. The molecule has 0 radical (unpaired) electrons. The Bertz CT molecular complexity index is 816. The maximum Gasteiger partial charge on any atom is 0.256 e. The first-order chi connectivity index (χ1) is 12.0. The van der Waals surface area contributed by atoms with Crippen molar-refractivity contribution in [3.63, 3.8) is 0 Å². The number of carbonyl (C=O) groups excluding carboxylic acids is 2. The van der Waals surface area contributed by atoms with E-state index in [4.69, 9.17) is 4.74 Å². The molecule has 5 heteroatoms. The van der Waals surface area contributed by atoms with E-state index < -0.39 is 6.04 Å². The third-order valence-corrected chi connectivity index (χ3v) is 4.41. The van der Waals surface area contributed by atoms with E-state index in [1.165, 1.54) is 4.90 Å². The van der Waals surface area contributed by atoms with Gasteiger partial charge in [0.2, 0.25) is 5.91 Å². The van der Waals surface area contributed by atoms with Gasteiger partial charge in [0.05, 0.1) is 24.4 Å². The minimum Gasteiger partial charge on any atom is -0.492 e. The number of aryl methyl sites for hydroxylation is 2. The molecule has 1 atom stereocenters. The molecule has 130 valence electrons. The minimum atomic E-state index is -0.587. The highest BCUT2D eigenvalue weighted by Crippen LogP contribution is 2.29. The Morgan fingerprint density at radius 2 is 1.88 bits per heavy atom. The summed E-state index contributed by atoms with van der Waals surface area (Å²) in [6.45, 7) is 6.41. The first kappa shape index (κ1) is 17.0.